The second-order valence-electron chi connectivity index (χ2n) is 4.01. The zero-order chi connectivity index (χ0) is 10.8. The van der Waals surface area contributed by atoms with Crippen molar-refractivity contribution in [1.29, 1.82) is 0 Å². The lowest BCUT2D eigenvalue weighted by atomic mass is 10.2. The minimum atomic E-state index is -0.0667. The molecular formula is C10H16N2O3. The Hall–Kier alpha value is -0.940. The number of hydrazine groups is 1. The molecule has 0 bridgehead atoms. The van der Waals surface area contributed by atoms with E-state index in [0.717, 1.165) is 19.4 Å². The Morgan fingerprint density at radius 3 is 2.60 bits per heavy atom. The van der Waals surface area contributed by atoms with Gasteiger partial charge in [-0.15, -0.1) is 0 Å². The minimum Gasteiger partial charge on any atom is -0.383 e. The van der Waals surface area contributed by atoms with E-state index >= 15 is 0 Å². The summed E-state index contributed by atoms with van der Waals surface area (Å²) in [5.74, 6) is -0.133. The van der Waals surface area contributed by atoms with Gasteiger partial charge >= 0.3 is 0 Å². The van der Waals surface area contributed by atoms with E-state index in [1.807, 2.05) is 5.01 Å². The fourth-order valence-electron chi connectivity index (χ4n) is 2.30. The summed E-state index contributed by atoms with van der Waals surface area (Å²) in [7, 11) is 1.64. The van der Waals surface area contributed by atoms with Crippen LogP contribution in [0.15, 0.2) is 0 Å². The fourth-order valence-corrected chi connectivity index (χ4v) is 2.30. The molecule has 0 aromatic heterocycles. The largest absolute Gasteiger partial charge is 0.383 e. The molecule has 0 unspecified atom stereocenters. The molecule has 0 aromatic carbocycles. The molecule has 2 saturated heterocycles. The summed E-state index contributed by atoms with van der Waals surface area (Å²) in [4.78, 5) is 23.1. The van der Waals surface area contributed by atoms with E-state index < -0.39 is 0 Å². The SMILES string of the molecule is COC[C@@H]1CCCN1N1C(=O)CCC1=O. The van der Waals surface area contributed by atoms with Gasteiger partial charge in [-0.05, 0) is 12.8 Å². The van der Waals surface area contributed by atoms with Gasteiger partial charge in [-0.1, -0.05) is 0 Å². The van der Waals surface area contributed by atoms with Crippen LogP contribution < -0.4 is 0 Å². The molecule has 0 spiro atoms. The number of imide groups is 1. The van der Waals surface area contributed by atoms with Crippen LogP contribution in [0.5, 0.6) is 0 Å². The Balaban J connectivity index is 2.08. The third-order valence-electron chi connectivity index (χ3n) is 2.99. The molecule has 5 nitrogen and oxygen atoms in total. The van der Waals surface area contributed by atoms with Gasteiger partial charge in [-0.25, -0.2) is 10.0 Å². The standard InChI is InChI=1S/C10H16N2O3/c1-15-7-8-3-2-6-11(8)12-9(13)4-5-10(12)14/h8H,2-7H2,1H3/t8-/m0/s1. The van der Waals surface area contributed by atoms with Gasteiger partial charge in [-0.3, -0.25) is 9.59 Å². The van der Waals surface area contributed by atoms with Crippen LogP contribution in [0.25, 0.3) is 0 Å². The molecule has 2 aliphatic rings. The number of methoxy groups -OCH3 is 1. The van der Waals surface area contributed by atoms with Gasteiger partial charge in [0.05, 0.1) is 12.6 Å². The van der Waals surface area contributed by atoms with Gasteiger partial charge in [0.2, 0.25) is 11.8 Å². The third-order valence-corrected chi connectivity index (χ3v) is 2.99. The molecule has 2 aliphatic heterocycles. The first kappa shape index (κ1) is 10.6. The van der Waals surface area contributed by atoms with E-state index in [0.29, 0.717) is 19.4 Å². The van der Waals surface area contributed by atoms with Crippen molar-refractivity contribution < 1.29 is 14.3 Å². The van der Waals surface area contributed by atoms with Crippen LogP contribution in [0.4, 0.5) is 0 Å². The van der Waals surface area contributed by atoms with E-state index in [9.17, 15) is 9.59 Å². The molecule has 0 aliphatic carbocycles. The van der Waals surface area contributed by atoms with Gasteiger partial charge in [-0.2, -0.15) is 0 Å². The lowest BCUT2D eigenvalue weighted by Crippen LogP contribution is -2.49. The monoisotopic (exact) mass is 212 g/mol. The fraction of sp³-hybridized carbons (Fsp3) is 0.800. The van der Waals surface area contributed by atoms with E-state index in [4.69, 9.17) is 4.74 Å². The number of amides is 2. The van der Waals surface area contributed by atoms with Crippen molar-refractivity contribution in [3.05, 3.63) is 0 Å². The molecule has 2 amide bonds. The molecule has 2 heterocycles. The summed E-state index contributed by atoms with van der Waals surface area (Å²) < 4.78 is 5.10. The summed E-state index contributed by atoms with van der Waals surface area (Å²) in [6.45, 7) is 1.36. The van der Waals surface area contributed by atoms with Gasteiger partial charge in [0.1, 0.15) is 0 Å². The Bertz CT molecular complexity index is 264. The lowest BCUT2D eigenvalue weighted by molar-refractivity contribution is -0.160. The number of rotatable bonds is 3. The zero-order valence-corrected chi connectivity index (χ0v) is 8.94. The topological polar surface area (TPSA) is 49.9 Å². The lowest BCUT2D eigenvalue weighted by Gasteiger charge is -2.30. The number of hydrogen-bond donors (Lipinski definition) is 0. The van der Waals surface area contributed by atoms with Gasteiger partial charge in [0, 0.05) is 26.5 Å². The first-order chi connectivity index (χ1) is 7.24. The Morgan fingerprint density at radius 1 is 1.33 bits per heavy atom. The predicted molar refractivity (Wildman–Crippen MR) is 52.7 cm³/mol. The van der Waals surface area contributed by atoms with Crippen molar-refractivity contribution in [1.82, 2.24) is 10.0 Å². The van der Waals surface area contributed by atoms with Crippen molar-refractivity contribution in [2.75, 3.05) is 20.3 Å². The molecule has 0 radical (unpaired) electrons. The van der Waals surface area contributed by atoms with Crippen LogP contribution in [0, 0.1) is 0 Å². The number of ether oxygens (including phenoxy) is 1. The molecule has 0 N–H and O–H groups in total. The smallest absolute Gasteiger partial charge is 0.244 e. The van der Waals surface area contributed by atoms with Crippen LogP contribution in [0.2, 0.25) is 0 Å². The summed E-state index contributed by atoms with van der Waals surface area (Å²) in [6, 6.07) is 0.181. The van der Waals surface area contributed by atoms with Crippen molar-refractivity contribution in [3.8, 4) is 0 Å². The Morgan fingerprint density at radius 2 is 2.00 bits per heavy atom. The summed E-state index contributed by atoms with van der Waals surface area (Å²) >= 11 is 0. The highest BCUT2D eigenvalue weighted by Gasteiger charge is 2.39. The van der Waals surface area contributed by atoms with Crippen molar-refractivity contribution >= 4 is 11.8 Å². The predicted octanol–water partition coefficient (Wildman–Crippen LogP) is 0.161. The third kappa shape index (κ3) is 1.89. The van der Waals surface area contributed by atoms with Crippen LogP contribution in [-0.4, -0.2) is 48.1 Å². The van der Waals surface area contributed by atoms with E-state index in [1.165, 1.54) is 5.01 Å². The molecule has 84 valence electrons. The average Bonchev–Trinajstić information content (AvgIpc) is 2.75. The van der Waals surface area contributed by atoms with Crippen molar-refractivity contribution in [3.63, 3.8) is 0 Å². The molecule has 2 fully saturated rings. The molecule has 1 atom stereocenters. The highest BCUT2D eigenvalue weighted by Crippen LogP contribution is 2.24. The van der Waals surface area contributed by atoms with Crippen LogP contribution >= 0.6 is 0 Å². The van der Waals surface area contributed by atoms with Gasteiger partial charge < -0.3 is 4.74 Å². The maximum atomic E-state index is 11.5. The van der Waals surface area contributed by atoms with Gasteiger partial charge in [0.25, 0.3) is 0 Å². The Kier molecular flexibility index (Phi) is 3.02. The quantitative estimate of drug-likeness (QED) is 0.625. The molecular weight excluding hydrogens is 196 g/mol. The summed E-state index contributed by atoms with van der Waals surface area (Å²) in [6.07, 6.45) is 2.72. The first-order valence-electron chi connectivity index (χ1n) is 5.35. The summed E-state index contributed by atoms with van der Waals surface area (Å²) in [5.41, 5.74) is 0. The van der Waals surface area contributed by atoms with E-state index in [1.54, 1.807) is 7.11 Å². The molecule has 2 rings (SSSR count). The first-order valence-corrected chi connectivity index (χ1v) is 5.35. The van der Waals surface area contributed by atoms with Crippen LogP contribution in [-0.2, 0) is 14.3 Å². The van der Waals surface area contributed by atoms with Crippen LogP contribution in [0.1, 0.15) is 25.7 Å². The Labute approximate surface area is 88.9 Å². The maximum absolute atomic E-state index is 11.5. The van der Waals surface area contributed by atoms with Crippen molar-refractivity contribution in [2.24, 2.45) is 0 Å². The van der Waals surface area contributed by atoms with Crippen molar-refractivity contribution in [2.45, 2.75) is 31.7 Å². The number of hydrogen-bond acceptors (Lipinski definition) is 4. The number of carbonyl (C=O) groups is 2. The van der Waals surface area contributed by atoms with Gasteiger partial charge in [0.15, 0.2) is 0 Å². The second-order valence-corrected chi connectivity index (χ2v) is 4.01. The molecule has 0 aromatic rings. The maximum Gasteiger partial charge on any atom is 0.244 e. The minimum absolute atomic E-state index is 0.0667. The number of nitrogens with zero attached hydrogens (tertiary/aromatic N) is 2. The zero-order valence-electron chi connectivity index (χ0n) is 8.94. The highest BCUT2D eigenvalue weighted by molar-refractivity contribution is 6.01. The average molecular weight is 212 g/mol. The van der Waals surface area contributed by atoms with E-state index in [2.05, 4.69) is 0 Å². The molecule has 15 heavy (non-hydrogen) atoms. The van der Waals surface area contributed by atoms with Crippen LogP contribution in [0.3, 0.4) is 0 Å². The highest BCUT2D eigenvalue weighted by atomic mass is 16.5. The molecule has 0 saturated carbocycles. The second kappa shape index (κ2) is 4.28. The van der Waals surface area contributed by atoms with E-state index in [-0.39, 0.29) is 17.9 Å². The number of carbonyl (C=O) groups excluding carboxylic acids is 2. The summed E-state index contributed by atoms with van der Waals surface area (Å²) in [5, 5.41) is 3.21. The molecule has 5 heteroatoms. The normalized spacial score (nSPS) is 28.1.